The van der Waals surface area contributed by atoms with Crippen LogP contribution in [0.25, 0.3) is 0 Å². The van der Waals surface area contributed by atoms with Crippen molar-refractivity contribution in [2.75, 3.05) is 19.8 Å². The molecule has 3 nitrogen and oxygen atoms in total. The average molecular weight is 142 g/mol. The highest BCUT2D eigenvalue weighted by Gasteiger charge is 2.42. The SMILES string of the molecule is O=C1COC2(CCOC2)C1. The van der Waals surface area contributed by atoms with Crippen molar-refractivity contribution in [2.45, 2.75) is 18.4 Å². The van der Waals surface area contributed by atoms with Crippen LogP contribution in [-0.4, -0.2) is 31.2 Å². The van der Waals surface area contributed by atoms with E-state index in [2.05, 4.69) is 0 Å². The van der Waals surface area contributed by atoms with Crippen molar-refractivity contribution in [2.24, 2.45) is 0 Å². The van der Waals surface area contributed by atoms with E-state index in [4.69, 9.17) is 9.47 Å². The summed E-state index contributed by atoms with van der Waals surface area (Å²) in [6.45, 7) is 1.65. The Morgan fingerprint density at radius 1 is 1.50 bits per heavy atom. The highest BCUT2D eigenvalue weighted by molar-refractivity contribution is 5.82. The van der Waals surface area contributed by atoms with E-state index < -0.39 is 0 Å². The van der Waals surface area contributed by atoms with Gasteiger partial charge in [0, 0.05) is 19.4 Å². The fourth-order valence-electron chi connectivity index (χ4n) is 1.54. The molecule has 0 aromatic rings. The Balaban J connectivity index is 2.09. The fourth-order valence-corrected chi connectivity index (χ4v) is 1.54. The minimum absolute atomic E-state index is 0.211. The fraction of sp³-hybridized carbons (Fsp3) is 0.857. The number of ketones is 1. The molecule has 2 aliphatic rings. The third kappa shape index (κ3) is 0.859. The number of hydrogen-bond donors (Lipinski definition) is 0. The Morgan fingerprint density at radius 2 is 2.40 bits per heavy atom. The molecule has 3 heteroatoms. The lowest BCUT2D eigenvalue weighted by Crippen LogP contribution is -2.27. The van der Waals surface area contributed by atoms with Gasteiger partial charge in [0.2, 0.25) is 0 Å². The molecule has 0 aromatic carbocycles. The minimum Gasteiger partial charge on any atom is -0.378 e. The third-order valence-corrected chi connectivity index (χ3v) is 2.13. The Kier molecular flexibility index (Phi) is 1.28. The van der Waals surface area contributed by atoms with Crippen LogP contribution in [0.3, 0.4) is 0 Å². The van der Waals surface area contributed by atoms with Crippen molar-refractivity contribution < 1.29 is 14.3 Å². The first-order chi connectivity index (χ1) is 4.81. The van der Waals surface area contributed by atoms with E-state index in [1.54, 1.807) is 0 Å². The second-order valence-corrected chi connectivity index (χ2v) is 2.99. The molecule has 2 heterocycles. The molecule has 56 valence electrons. The van der Waals surface area contributed by atoms with Gasteiger partial charge in [0.1, 0.15) is 12.2 Å². The van der Waals surface area contributed by atoms with Gasteiger partial charge >= 0.3 is 0 Å². The first kappa shape index (κ1) is 6.31. The van der Waals surface area contributed by atoms with Gasteiger partial charge in [0.05, 0.1) is 6.61 Å². The number of carbonyl (C=O) groups is 1. The zero-order chi connectivity index (χ0) is 7.03. The van der Waals surface area contributed by atoms with Crippen molar-refractivity contribution in [1.29, 1.82) is 0 Å². The maximum Gasteiger partial charge on any atom is 0.161 e. The van der Waals surface area contributed by atoms with Gasteiger partial charge < -0.3 is 9.47 Å². The first-order valence-electron chi connectivity index (χ1n) is 3.54. The second-order valence-electron chi connectivity index (χ2n) is 2.99. The molecule has 2 fully saturated rings. The van der Waals surface area contributed by atoms with Gasteiger partial charge in [-0.2, -0.15) is 0 Å². The molecule has 0 bridgehead atoms. The van der Waals surface area contributed by atoms with Gasteiger partial charge in [0.25, 0.3) is 0 Å². The maximum atomic E-state index is 10.8. The van der Waals surface area contributed by atoms with Gasteiger partial charge in [-0.25, -0.2) is 0 Å². The van der Waals surface area contributed by atoms with Crippen LogP contribution in [0.5, 0.6) is 0 Å². The molecule has 2 aliphatic heterocycles. The molecule has 10 heavy (non-hydrogen) atoms. The summed E-state index contributed by atoms with van der Waals surface area (Å²) in [5.41, 5.74) is -0.211. The minimum atomic E-state index is -0.211. The van der Waals surface area contributed by atoms with Crippen LogP contribution >= 0.6 is 0 Å². The summed E-state index contributed by atoms with van der Waals surface area (Å²) >= 11 is 0. The van der Waals surface area contributed by atoms with Crippen LogP contribution < -0.4 is 0 Å². The van der Waals surface area contributed by atoms with Crippen molar-refractivity contribution >= 4 is 5.78 Å². The highest BCUT2D eigenvalue weighted by Crippen LogP contribution is 2.31. The van der Waals surface area contributed by atoms with Crippen LogP contribution in [0, 0.1) is 0 Å². The number of hydrogen-bond acceptors (Lipinski definition) is 3. The van der Waals surface area contributed by atoms with Crippen molar-refractivity contribution in [3.63, 3.8) is 0 Å². The Hall–Kier alpha value is -0.410. The summed E-state index contributed by atoms with van der Waals surface area (Å²) < 4.78 is 10.5. The normalized spacial score (nSPS) is 39.8. The number of rotatable bonds is 0. The summed E-state index contributed by atoms with van der Waals surface area (Å²) in [7, 11) is 0. The van der Waals surface area contributed by atoms with Crippen LogP contribution in [0.4, 0.5) is 0 Å². The number of Topliss-reactive ketones (excluding diaryl/α,β-unsaturated/α-hetero) is 1. The van der Waals surface area contributed by atoms with E-state index in [0.29, 0.717) is 19.6 Å². The average Bonchev–Trinajstić information content (AvgIpc) is 2.46. The molecule has 0 aromatic heterocycles. The van der Waals surface area contributed by atoms with Gasteiger partial charge in [-0.1, -0.05) is 0 Å². The second kappa shape index (κ2) is 2.04. The Bertz CT molecular complexity index is 158. The van der Waals surface area contributed by atoms with Crippen molar-refractivity contribution in [3.05, 3.63) is 0 Å². The lowest BCUT2D eigenvalue weighted by molar-refractivity contribution is -0.117. The molecule has 0 aliphatic carbocycles. The molecule has 0 radical (unpaired) electrons. The van der Waals surface area contributed by atoms with Gasteiger partial charge in [-0.05, 0) is 0 Å². The molecule has 0 amide bonds. The lowest BCUT2D eigenvalue weighted by atomic mass is 9.99. The molecule has 1 atom stereocenters. The Morgan fingerprint density at radius 3 is 2.90 bits per heavy atom. The quantitative estimate of drug-likeness (QED) is 0.482. The van der Waals surface area contributed by atoms with E-state index in [1.807, 2.05) is 0 Å². The lowest BCUT2D eigenvalue weighted by Gasteiger charge is -2.17. The van der Waals surface area contributed by atoms with E-state index in [-0.39, 0.29) is 11.4 Å². The Labute approximate surface area is 59.3 Å². The zero-order valence-electron chi connectivity index (χ0n) is 5.76. The summed E-state index contributed by atoms with van der Waals surface area (Å²) in [5.74, 6) is 0.213. The van der Waals surface area contributed by atoms with Gasteiger partial charge in [-0.15, -0.1) is 0 Å². The zero-order valence-corrected chi connectivity index (χ0v) is 5.76. The maximum absolute atomic E-state index is 10.8. The largest absolute Gasteiger partial charge is 0.378 e. The molecule has 2 rings (SSSR count). The third-order valence-electron chi connectivity index (χ3n) is 2.13. The molecule has 0 N–H and O–H groups in total. The van der Waals surface area contributed by atoms with E-state index in [1.165, 1.54) is 0 Å². The highest BCUT2D eigenvalue weighted by atomic mass is 16.6. The molecule has 2 saturated heterocycles. The van der Waals surface area contributed by atoms with Gasteiger partial charge in [-0.3, -0.25) is 4.79 Å². The predicted octanol–water partition coefficient (Wildman–Crippen LogP) is 0.135. The molecular formula is C7H10O3. The van der Waals surface area contributed by atoms with Crippen LogP contribution in [0.1, 0.15) is 12.8 Å². The first-order valence-corrected chi connectivity index (χ1v) is 3.54. The number of carbonyl (C=O) groups excluding carboxylic acids is 1. The molecule has 1 spiro atoms. The van der Waals surface area contributed by atoms with Crippen molar-refractivity contribution in [1.82, 2.24) is 0 Å². The van der Waals surface area contributed by atoms with E-state index >= 15 is 0 Å². The number of ether oxygens (including phenoxy) is 2. The molecule has 0 saturated carbocycles. The summed E-state index contributed by atoms with van der Waals surface area (Å²) in [4.78, 5) is 10.8. The van der Waals surface area contributed by atoms with Gasteiger partial charge in [0.15, 0.2) is 5.78 Å². The topological polar surface area (TPSA) is 35.5 Å². The standard InChI is InChI=1S/C7H10O3/c8-6-3-7(10-4-6)1-2-9-5-7/h1-5H2. The smallest absolute Gasteiger partial charge is 0.161 e. The van der Waals surface area contributed by atoms with E-state index in [0.717, 1.165) is 13.0 Å². The molecule has 1 unspecified atom stereocenters. The summed E-state index contributed by atoms with van der Waals surface area (Å²) in [6, 6.07) is 0. The molecular weight excluding hydrogens is 132 g/mol. The predicted molar refractivity (Wildman–Crippen MR) is 33.7 cm³/mol. The summed E-state index contributed by atoms with van der Waals surface area (Å²) in [6.07, 6.45) is 1.45. The van der Waals surface area contributed by atoms with Crippen LogP contribution in [0.2, 0.25) is 0 Å². The van der Waals surface area contributed by atoms with E-state index in [9.17, 15) is 4.79 Å². The van der Waals surface area contributed by atoms with Crippen LogP contribution in [0.15, 0.2) is 0 Å². The monoisotopic (exact) mass is 142 g/mol. The van der Waals surface area contributed by atoms with Crippen LogP contribution in [-0.2, 0) is 14.3 Å². The van der Waals surface area contributed by atoms with Crippen molar-refractivity contribution in [3.8, 4) is 0 Å². The summed E-state index contributed by atoms with van der Waals surface area (Å²) in [5, 5.41) is 0.